The molecule has 1 N–H and O–H groups in total. The molecule has 1 aliphatic heterocycles. The van der Waals surface area contributed by atoms with Gasteiger partial charge in [0.05, 0.1) is 13.5 Å². The average Bonchev–Trinajstić information content (AvgIpc) is 2.63. The van der Waals surface area contributed by atoms with Crippen molar-refractivity contribution in [2.24, 2.45) is 0 Å². The molecule has 1 unspecified atom stereocenters. The summed E-state index contributed by atoms with van der Waals surface area (Å²) in [6, 6.07) is 12.2. The third-order valence-electron chi connectivity index (χ3n) is 4.25. The summed E-state index contributed by atoms with van der Waals surface area (Å²) in [5.41, 5.74) is 1.35. The van der Waals surface area contributed by atoms with Crippen molar-refractivity contribution >= 4 is 11.8 Å². The van der Waals surface area contributed by atoms with Crippen LogP contribution >= 0.6 is 0 Å². The topological polar surface area (TPSA) is 58.6 Å². The highest BCUT2D eigenvalue weighted by atomic mass is 19.1. The van der Waals surface area contributed by atoms with Crippen molar-refractivity contribution in [1.29, 1.82) is 0 Å². The quantitative estimate of drug-likeness (QED) is 0.925. The largest absolute Gasteiger partial charge is 0.496 e. The Morgan fingerprint density at radius 2 is 1.96 bits per heavy atom. The first kappa shape index (κ1) is 17.0. The molecular weight excluding hydrogens is 323 g/mol. The SMILES string of the molecule is COc1ccccc1CC(=O)N1CCNC(=O)C1c1ccc(F)cc1. The highest BCUT2D eigenvalue weighted by Gasteiger charge is 2.34. The summed E-state index contributed by atoms with van der Waals surface area (Å²) in [4.78, 5) is 26.7. The molecule has 25 heavy (non-hydrogen) atoms. The van der Waals surface area contributed by atoms with Crippen LogP contribution in [0.4, 0.5) is 4.39 Å². The molecule has 1 aliphatic rings. The van der Waals surface area contributed by atoms with Crippen LogP contribution in [0.15, 0.2) is 48.5 Å². The van der Waals surface area contributed by atoms with Gasteiger partial charge in [-0.15, -0.1) is 0 Å². The molecule has 0 saturated carbocycles. The first-order chi connectivity index (χ1) is 12.1. The summed E-state index contributed by atoms with van der Waals surface area (Å²) in [6.07, 6.45) is 0.134. The van der Waals surface area contributed by atoms with Gasteiger partial charge in [0.1, 0.15) is 17.6 Å². The number of carbonyl (C=O) groups excluding carboxylic acids is 2. The minimum Gasteiger partial charge on any atom is -0.496 e. The van der Waals surface area contributed by atoms with Crippen molar-refractivity contribution in [3.8, 4) is 5.75 Å². The van der Waals surface area contributed by atoms with Gasteiger partial charge >= 0.3 is 0 Å². The second kappa shape index (κ2) is 7.34. The molecule has 0 aliphatic carbocycles. The second-order valence-corrected chi connectivity index (χ2v) is 5.82. The van der Waals surface area contributed by atoms with E-state index in [2.05, 4.69) is 5.32 Å². The van der Waals surface area contributed by atoms with E-state index < -0.39 is 6.04 Å². The van der Waals surface area contributed by atoms with E-state index in [0.29, 0.717) is 24.4 Å². The number of piperazine rings is 1. The molecule has 130 valence electrons. The number of nitrogens with one attached hydrogen (secondary N) is 1. The molecule has 1 atom stereocenters. The fraction of sp³-hybridized carbons (Fsp3) is 0.263. The van der Waals surface area contributed by atoms with E-state index >= 15 is 0 Å². The van der Waals surface area contributed by atoms with Crippen molar-refractivity contribution in [2.75, 3.05) is 20.2 Å². The molecule has 0 bridgehead atoms. The Bertz CT molecular complexity index is 776. The summed E-state index contributed by atoms with van der Waals surface area (Å²) in [7, 11) is 1.55. The Morgan fingerprint density at radius 1 is 1.24 bits per heavy atom. The van der Waals surface area contributed by atoms with E-state index in [1.54, 1.807) is 18.1 Å². The van der Waals surface area contributed by atoms with Crippen molar-refractivity contribution in [2.45, 2.75) is 12.5 Å². The zero-order valence-corrected chi connectivity index (χ0v) is 13.9. The maximum atomic E-state index is 13.2. The highest BCUT2D eigenvalue weighted by molar-refractivity contribution is 5.90. The number of hydrogen-bond donors (Lipinski definition) is 1. The molecule has 2 aromatic carbocycles. The molecule has 1 fully saturated rings. The zero-order valence-electron chi connectivity index (χ0n) is 13.9. The predicted octanol–water partition coefficient (Wildman–Crippen LogP) is 2.08. The Morgan fingerprint density at radius 3 is 2.68 bits per heavy atom. The van der Waals surface area contributed by atoms with Gasteiger partial charge in [0.15, 0.2) is 0 Å². The van der Waals surface area contributed by atoms with E-state index in [-0.39, 0.29) is 24.1 Å². The van der Waals surface area contributed by atoms with Crippen LogP contribution in [0.1, 0.15) is 17.2 Å². The summed E-state index contributed by atoms with van der Waals surface area (Å²) in [6.45, 7) is 0.802. The predicted molar refractivity (Wildman–Crippen MR) is 90.6 cm³/mol. The molecule has 0 spiro atoms. The van der Waals surface area contributed by atoms with Gasteiger partial charge in [-0.1, -0.05) is 30.3 Å². The van der Waals surface area contributed by atoms with E-state index in [1.807, 2.05) is 18.2 Å². The highest BCUT2D eigenvalue weighted by Crippen LogP contribution is 2.26. The number of ether oxygens (including phenoxy) is 1. The van der Waals surface area contributed by atoms with E-state index in [4.69, 9.17) is 4.74 Å². The number of hydrogen-bond acceptors (Lipinski definition) is 3. The fourth-order valence-electron chi connectivity index (χ4n) is 3.03. The van der Waals surface area contributed by atoms with Gasteiger partial charge in [-0.05, 0) is 23.8 Å². The van der Waals surface area contributed by atoms with E-state index in [0.717, 1.165) is 5.56 Å². The lowest BCUT2D eigenvalue weighted by atomic mass is 10.0. The lowest BCUT2D eigenvalue weighted by Gasteiger charge is -2.35. The minimum atomic E-state index is -0.753. The Labute approximate surface area is 145 Å². The maximum Gasteiger partial charge on any atom is 0.247 e. The molecule has 1 saturated heterocycles. The van der Waals surface area contributed by atoms with Crippen LogP contribution in [-0.2, 0) is 16.0 Å². The lowest BCUT2D eigenvalue weighted by molar-refractivity contribution is -0.143. The molecule has 6 heteroatoms. The monoisotopic (exact) mass is 342 g/mol. The standard InChI is InChI=1S/C19H19FN2O3/c1-25-16-5-3-2-4-14(16)12-17(23)22-11-10-21-19(24)18(22)13-6-8-15(20)9-7-13/h2-9,18H,10-12H2,1H3,(H,21,24). The number of methoxy groups -OCH3 is 1. The van der Waals surface area contributed by atoms with Gasteiger partial charge in [-0.25, -0.2) is 4.39 Å². The number of amides is 2. The zero-order chi connectivity index (χ0) is 17.8. The second-order valence-electron chi connectivity index (χ2n) is 5.82. The van der Waals surface area contributed by atoms with Gasteiger partial charge in [0.25, 0.3) is 0 Å². The molecular formula is C19H19FN2O3. The molecule has 3 rings (SSSR count). The third kappa shape index (κ3) is 3.63. The number of para-hydroxylation sites is 1. The fourth-order valence-corrected chi connectivity index (χ4v) is 3.03. The van der Waals surface area contributed by atoms with Crippen molar-refractivity contribution in [3.05, 3.63) is 65.5 Å². The molecule has 2 aromatic rings. The number of carbonyl (C=O) groups is 2. The number of rotatable bonds is 4. The van der Waals surface area contributed by atoms with Gasteiger partial charge in [0.2, 0.25) is 11.8 Å². The average molecular weight is 342 g/mol. The summed E-state index contributed by atoms with van der Waals surface area (Å²) >= 11 is 0. The lowest BCUT2D eigenvalue weighted by Crippen LogP contribution is -2.52. The van der Waals surface area contributed by atoms with Crippen LogP contribution < -0.4 is 10.1 Å². The molecule has 1 heterocycles. The van der Waals surface area contributed by atoms with Crippen LogP contribution in [0.25, 0.3) is 0 Å². The first-order valence-electron chi connectivity index (χ1n) is 8.04. The Balaban J connectivity index is 1.86. The third-order valence-corrected chi connectivity index (χ3v) is 4.25. The van der Waals surface area contributed by atoms with Crippen molar-refractivity contribution in [3.63, 3.8) is 0 Å². The van der Waals surface area contributed by atoms with Crippen LogP contribution in [0.2, 0.25) is 0 Å². The number of benzene rings is 2. The van der Waals surface area contributed by atoms with Crippen molar-refractivity contribution < 1.29 is 18.7 Å². The van der Waals surface area contributed by atoms with E-state index in [1.165, 1.54) is 24.3 Å². The molecule has 0 radical (unpaired) electrons. The van der Waals surface area contributed by atoms with Gasteiger partial charge in [-0.3, -0.25) is 9.59 Å². The van der Waals surface area contributed by atoms with Crippen LogP contribution in [0.3, 0.4) is 0 Å². The summed E-state index contributed by atoms with van der Waals surface area (Å²) in [5.74, 6) is -0.178. The first-order valence-corrected chi connectivity index (χ1v) is 8.04. The van der Waals surface area contributed by atoms with Crippen LogP contribution in [0, 0.1) is 5.82 Å². The normalized spacial score (nSPS) is 17.1. The maximum absolute atomic E-state index is 13.2. The Kier molecular flexibility index (Phi) is 4.97. The summed E-state index contributed by atoms with van der Waals surface area (Å²) in [5, 5.41) is 2.77. The summed E-state index contributed by atoms with van der Waals surface area (Å²) < 4.78 is 18.5. The van der Waals surface area contributed by atoms with Gasteiger partial charge in [0, 0.05) is 18.7 Å². The number of halogens is 1. The van der Waals surface area contributed by atoms with E-state index in [9.17, 15) is 14.0 Å². The molecule has 0 aromatic heterocycles. The van der Waals surface area contributed by atoms with Crippen LogP contribution in [0.5, 0.6) is 5.75 Å². The minimum absolute atomic E-state index is 0.134. The van der Waals surface area contributed by atoms with Gasteiger partial charge < -0.3 is 15.0 Å². The van der Waals surface area contributed by atoms with Crippen molar-refractivity contribution in [1.82, 2.24) is 10.2 Å². The number of nitrogens with zero attached hydrogens (tertiary/aromatic N) is 1. The van der Waals surface area contributed by atoms with Gasteiger partial charge in [-0.2, -0.15) is 0 Å². The molecule has 2 amide bonds. The molecule has 5 nitrogen and oxygen atoms in total. The Hall–Kier alpha value is -2.89. The van der Waals surface area contributed by atoms with Crippen LogP contribution in [-0.4, -0.2) is 36.9 Å². The smallest absolute Gasteiger partial charge is 0.247 e.